The maximum atomic E-state index is 12.2. The number of para-hydroxylation sites is 1. The summed E-state index contributed by atoms with van der Waals surface area (Å²) < 4.78 is 6.80. The highest BCUT2D eigenvalue weighted by Crippen LogP contribution is 2.04. The van der Waals surface area contributed by atoms with Crippen molar-refractivity contribution in [1.29, 1.82) is 0 Å². The minimum absolute atomic E-state index is 0. The predicted octanol–water partition coefficient (Wildman–Crippen LogP) is -0.796. The molecule has 160 valence electrons. The Kier molecular flexibility index (Phi) is 9.19. The quantitative estimate of drug-likeness (QED) is 0.273. The SMILES string of the molecule is O=C(C[n+]1ccc(C(=O)NCCOC(=O)c2ccccc2)cc1)Nc1ccccc1.[Cl-]. The van der Waals surface area contributed by atoms with Gasteiger partial charge in [0.2, 0.25) is 6.54 Å². The van der Waals surface area contributed by atoms with Crippen molar-refractivity contribution in [1.82, 2.24) is 5.32 Å². The molecular weight excluding hydrogens is 418 g/mol. The molecule has 0 aliphatic carbocycles. The summed E-state index contributed by atoms with van der Waals surface area (Å²) >= 11 is 0. The third-order valence-corrected chi connectivity index (χ3v) is 4.17. The number of nitrogens with one attached hydrogen (secondary N) is 2. The smallest absolute Gasteiger partial charge is 0.338 e. The molecule has 0 unspecified atom stereocenters. The van der Waals surface area contributed by atoms with Crippen LogP contribution in [0.25, 0.3) is 0 Å². The fraction of sp³-hybridized carbons (Fsp3) is 0.130. The van der Waals surface area contributed by atoms with Gasteiger partial charge in [0, 0.05) is 17.8 Å². The molecule has 0 saturated carbocycles. The Labute approximate surface area is 186 Å². The molecule has 0 fully saturated rings. The lowest BCUT2D eigenvalue weighted by molar-refractivity contribution is -0.684. The van der Waals surface area contributed by atoms with E-state index in [1.54, 1.807) is 53.4 Å². The van der Waals surface area contributed by atoms with E-state index in [9.17, 15) is 14.4 Å². The lowest BCUT2D eigenvalue weighted by Gasteiger charge is -2.07. The Bertz CT molecular complexity index is 996. The van der Waals surface area contributed by atoms with Gasteiger partial charge in [-0.2, -0.15) is 4.57 Å². The Morgan fingerprint density at radius 1 is 0.806 bits per heavy atom. The van der Waals surface area contributed by atoms with Gasteiger partial charge in [-0.3, -0.25) is 9.59 Å². The number of aromatic nitrogens is 1. The number of hydrogen-bond donors (Lipinski definition) is 2. The minimum Gasteiger partial charge on any atom is -1.00 e. The molecule has 0 aliphatic heterocycles. The van der Waals surface area contributed by atoms with Crippen LogP contribution in [0.4, 0.5) is 5.69 Å². The maximum absolute atomic E-state index is 12.2. The molecule has 0 radical (unpaired) electrons. The molecule has 0 atom stereocenters. The molecular formula is C23H22ClN3O4. The average Bonchev–Trinajstić information content (AvgIpc) is 2.78. The second-order valence-corrected chi connectivity index (χ2v) is 6.43. The van der Waals surface area contributed by atoms with Crippen LogP contribution in [-0.4, -0.2) is 30.9 Å². The molecule has 0 spiro atoms. The van der Waals surface area contributed by atoms with E-state index < -0.39 is 5.97 Å². The van der Waals surface area contributed by atoms with E-state index in [0.29, 0.717) is 11.1 Å². The van der Waals surface area contributed by atoms with E-state index in [4.69, 9.17) is 4.74 Å². The Hall–Kier alpha value is -3.71. The monoisotopic (exact) mass is 439 g/mol. The summed E-state index contributed by atoms with van der Waals surface area (Å²) in [5.74, 6) is -0.880. The molecule has 8 heteroatoms. The third-order valence-electron chi connectivity index (χ3n) is 4.17. The zero-order valence-electron chi connectivity index (χ0n) is 16.7. The normalized spacial score (nSPS) is 9.81. The molecule has 0 aliphatic rings. The lowest BCUT2D eigenvalue weighted by atomic mass is 10.2. The van der Waals surface area contributed by atoms with Crippen LogP contribution < -0.4 is 27.6 Å². The fourth-order valence-electron chi connectivity index (χ4n) is 2.67. The van der Waals surface area contributed by atoms with Gasteiger partial charge < -0.3 is 27.8 Å². The van der Waals surface area contributed by atoms with Crippen LogP contribution in [0, 0.1) is 0 Å². The van der Waals surface area contributed by atoms with Crippen molar-refractivity contribution in [3.63, 3.8) is 0 Å². The second kappa shape index (κ2) is 12.1. The standard InChI is InChI=1S/C23H21N3O4.ClH/c27-21(25-20-9-5-2-6-10-20)17-26-14-11-18(12-15-26)22(28)24-13-16-30-23(29)19-7-3-1-4-8-19;/h1-12,14-15H,13,16-17H2,(H-,24,25,27,28);1H. The Balaban J connectivity index is 0.00000341. The van der Waals surface area contributed by atoms with E-state index in [-0.39, 0.29) is 43.9 Å². The zero-order valence-corrected chi connectivity index (χ0v) is 17.4. The van der Waals surface area contributed by atoms with E-state index >= 15 is 0 Å². The fourth-order valence-corrected chi connectivity index (χ4v) is 2.67. The second-order valence-electron chi connectivity index (χ2n) is 6.43. The van der Waals surface area contributed by atoms with Gasteiger partial charge >= 0.3 is 5.97 Å². The largest absolute Gasteiger partial charge is 1.00 e. The van der Waals surface area contributed by atoms with Crippen LogP contribution in [0.1, 0.15) is 20.7 Å². The van der Waals surface area contributed by atoms with Gasteiger partial charge in [0.1, 0.15) is 6.61 Å². The topological polar surface area (TPSA) is 88.4 Å². The van der Waals surface area contributed by atoms with Gasteiger partial charge in [-0.25, -0.2) is 4.79 Å². The first-order chi connectivity index (χ1) is 14.6. The molecule has 3 rings (SSSR count). The summed E-state index contributed by atoms with van der Waals surface area (Å²) in [6.45, 7) is 0.407. The summed E-state index contributed by atoms with van der Waals surface area (Å²) in [5.41, 5.74) is 1.64. The first kappa shape index (κ1) is 23.6. The summed E-state index contributed by atoms with van der Waals surface area (Å²) in [6, 6.07) is 21.1. The van der Waals surface area contributed by atoms with E-state index in [2.05, 4.69) is 10.6 Å². The van der Waals surface area contributed by atoms with Gasteiger partial charge in [0.25, 0.3) is 11.8 Å². The number of pyridine rings is 1. The van der Waals surface area contributed by atoms with Crippen LogP contribution in [0.15, 0.2) is 85.2 Å². The minimum atomic E-state index is -0.431. The molecule has 0 saturated heterocycles. The molecule has 3 aromatic rings. The van der Waals surface area contributed by atoms with Gasteiger partial charge in [-0.15, -0.1) is 0 Å². The number of ether oxygens (including phenoxy) is 1. The highest BCUT2D eigenvalue weighted by atomic mass is 35.5. The Morgan fingerprint density at radius 3 is 2.06 bits per heavy atom. The van der Waals surface area contributed by atoms with Crippen molar-refractivity contribution < 1.29 is 36.1 Å². The molecule has 0 bridgehead atoms. The van der Waals surface area contributed by atoms with Crippen molar-refractivity contribution >= 4 is 23.5 Å². The van der Waals surface area contributed by atoms with Crippen LogP contribution in [0.5, 0.6) is 0 Å². The van der Waals surface area contributed by atoms with Gasteiger partial charge in [-0.05, 0) is 24.3 Å². The summed E-state index contributed by atoms with van der Waals surface area (Å²) in [4.78, 5) is 36.1. The number of rotatable bonds is 8. The number of halogens is 1. The summed E-state index contributed by atoms with van der Waals surface area (Å²) in [6.07, 6.45) is 3.32. The molecule has 2 aromatic carbocycles. The Morgan fingerprint density at radius 2 is 1.42 bits per heavy atom. The van der Waals surface area contributed by atoms with Gasteiger partial charge in [0.05, 0.1) is 17.7 Å². The highest BCUT2D eigenvalue weighted by Gasteiger charge is 2.12. The predicted molar refractivity (Wildman–Crippen MR) is 111 cm³/mol. The van der Waals surface area contributed by atoms with Crippen molar-refractivity contribution in [2.75, 3.05) is 18.5 Å². The number of carbonyl (C=O) groups is 3. The molecule has 31 heavy (non-hydrogen) atoms. The number of hydrogen-bond acceptors (Lipinski definition) is 4. The van der Waals surface area contributed by atoms with Crippen LogP contribution in [0.3, 0.4) is 0 Å². The van der Waals surface area contributed by atoms with Gasteiger partial charge in [0.15, 0.2) is 12.4 Å². The molecule has 7 nitrogen and oxygen atoms in total. The van der Waals surface area contributed by atoms with Crippen molar-refractivity contribution in [2.45, 2.75) is 6.54 Å². The number of anilines is 1. The van der Waals surface area contributed by atoms with Gasteiger partial charge in [-0.1, -0.05) is 36.4 Å². The number of carbonyl (C=O) groups excluding carboxylic acids is 3. The number of esters is 1. The number of amides is 2. The molecule has 1 aromatic heterocycles. The van der Waals surface area contributed by atoms with Crippen molar-refractivity contribution in [2.24, 2.45) is 0 Å². The first-order valence-electron chi connectivity index (χ1n) is 9.46. The van der Waals surface area contributed by atoms with Crippen molar-refractivity contribution in [3.05, 3.63) is 96.3 Å². The summed E-state index contributed by atoms with van der Waals surface area (Å²) in [5, 5.41) is 5.50. The van der Waals surface area contributed by atoms with E-state index in [1.165, 1.54) is 0 Å². The average molecular weight is 440 g/mol. The van der Waals surface area contributed by atoms with Crippen LogP contribution in [-0.2, 0) is 16.1 Å². The lowest BCUT2D eigenvalue weighted by Crippen LogP contribution is -3.00. The molecule has 2 amide bonds. The van der Waals surface area contributed by atoms with Crippen molar-refractivity contribution in [3.8, 4) is 0 Å². The van der Waals surface area contributed by atoms with Crippen LogP contribution in [0.2, 0.25) is 0 Å². The molecule has 2 N–H and O–H groups in total. The third kappa shape index (κ3) is 7.56. The van der Waals surface area contributed by atoms with E-state index in [1.807, 2.05) is 36.4 Å². The zero-order chi connectivity index (χ0) is 21.2. The van der Waals surface area contributed by atoms with Crippen LogP contribution >= 0.6 is 0 Å². The van der Waals surface area contributed by atoms with E-state index in [0.717, 1.165) is 5.69 Å². The summed E-state index contributed by atoms with van der Waals surface area (Å²) in [7, 11) is 0. The highest BCUT2D eigenvalue weighted by molar-refractivity contribution is 5.94. The number of benzene rings is 2. The first-order valence-corrected chi connectivity index (χ1v) is 9.46. The number of nitrogens with zero attached hydrogens (tertiary/aromatic N) is 1. The molecule has 1 heterocycles. The maximum Gasteiger partial charge on any atom is 0.338 e.